The lowest BCUT2D eigenvalue weighted by atomic mass is 10.2. The maximum absolute atomic E-state index is 12.9. The van der Waals surface area contributed by atoms with Crippen molar-refractivity contribution in [3.8, 4) is 0 Å². The van der Waals surface area contributed by atoms with Crippen molar-refractivity contribution in [3.05, 3.63) is 77.6 Å². The van der Waals surface area contributed by atoms with Crippen LogP contribution in [-0.2, 0) is 0 Å². The fourth-order valence-corrected chi connectivity index (χ4v) is 2.18. The molecule has 0 amide bonds. The predicted octanol–water partition coefficient (Wildman–Crippen LogP) is 2.84. The zero-order valence-corrected chi connectivity index (χ0v) is 13.2. The van der Waals surface area contributed by atoms with Gasteiger partial charge in [-0.1, -0.05) is 24.3 Å². The summed E-state index contributed by atoms with van der Waals surface area (Å²) in [6.45, 7) is 0. The molecule has 9 heteroatoms. The third-order valence-electron chi connectivity index (χ3n) is 3.49. The van der Waals surface area contributed by atoms with Gasteiger partial charge in [-0.05, 0) is 35.4 Å². The van der Waals surface area contributed by atoms with E-state index >= 15 is 0 Å². The van der Waals surface area contributed by atoms with Crippen LogP contribution in [0.25, 0.3) is 5.78 Å². The molecule has 0 aliphatic carbocycles. The zero-order valence-electron chi connectivity index (χ0n) is 13.2. The lowest BCUT2D eigenvalue weighted by Crippen LogP contribution is -1.91. The summed E-state index contributed by atoms with van der Waals surface area (Å²) < 4.78 is 28.7. The van der Waals surface area contributed by atoms with Crippen LogP contribution in [0.5, 0.6) is 0 Å². The van der Waals surface area contributed by atoms with E-state index in [0.29, 0.717) is 5.78 Å². The molecule has 0 bridgehead atoms. The quantitative estimate of drug-likeness (QED) is 0.531. The van der Waals surface area contributed by atoms with E-state index in [9.17, 15) is 8.78 Å². The Morgan fingerprint density at radius 2 is 1.42 bits per heavy atom. The Labute approximate surface area is 146 Å². The maximum Gasteiger partial charge on any atom is 0.276 e. The number of aliphatic imine (C=N–C) groups is 1. The minimum Gasteiger partial charge on any atom is -0.218 e. The van der Waals surface area contributed by atoms with Crippen LogP contribution in [0.2, 0.25) is 0 Å². The van der Waals surface area contributed by atoms with Gasteiger partial charge < -0.3 is 0 Å². The predicted molar refractivity (Wildman–Crippen MR) is 91.8 cm³/mol. The second kappa shape index (κ2) is 6.63. The normalized spacial score (nSPS) is 11.9. The van der Waals surface area contributed by atoms with Crippen LogP contribution in [-0.4, -0.2) is 36.9 Å². The van der Waals surface area contributed by atoms with Crippen LogP contribution in [0.15, 0.2) is 65.0 Å². The van der Waals surface area contributed by atoms with Crippen LogP contribution in [0.3, 0.4) is 0 Å². The average molecular weight is 351 g/mol. The van der Waals surface area contributed by atoms with Gasteiger partial charge >= 0.3 is 0 Å². The third-order valence-corrected chi connectivity index (χ3v) is 3.49. The molecule has 0 unspecified atom stereocenters. The first-order chi connectivity index (χ1) is 12.7. The van der Waals surface area contributed by atoms with Crippen LogP contribution in [0, 0.1) is 11.6 Å². The number of hydrogen-bond acceptors (Lipinski definition) is 5. The molecule has 0 aliphatic rings. The van der Waals surface area contributed by atoms with Crippen molar-refractivity contribution in [1.82, 2.24) is 24.5 Å². The van der Waals surface area contributed by atoms with Gasteiger partial charge in [0.15, 0.2) is 0 Å². The first-order valence-corrected chi connectivity index (χ1v) is 7.57. The van der Waals surface area contributed by atoms with Crippen molar-refractivity contribution in [3.63, 3.8) is 0 Å². The van der Waals surface area contributed by atoms with Crippen molar-refractivity contribution in [2.45, 2.75) is 0 Å². The van der Waals surface area contributed by atoms with E-state index in [2.05, 4.69) is 25.4 Å². The lowest BCUT2D eigenvalue weighted by molar-refractivity contribution is 0.627. The molecule has 2 aromatic heterocycles. The highest BCUT2D eigenvalue weighted by atomic mass is 19.1. The zero-order chi connectivity index (χ0) is 17.9. The maximum atomic E-state index is 12.9. The Kier molecular flexibility index (Phi) is 4.02. The largest absolute Gasteiger partial charge is 0.276 e. The van der Waals surface area contributed by atoms with Gasteiger partial charge in [0.2, 0.25) is 0 Å². The van der Waals surface area contributed by atoms with Gasteiger partial charge in [0.05, 0.1) is 6.21 Å². The highest BCUT2D eigenvalue weighted by molar-refractivity contribution is 5.81. The highest BCUT2D eigenvalue weighted by Gasteiger charge is 2.09. The molecular formula is C17H11F2N7. The fraction of sp³-hybridized carbons (Fsp3) is 0. The van der Waals surface area contributed by atoms with Crippen molar-refractivity contribution < 1.29 is 8.78 Å². The lowest BCUT2D eigenvalue weighted by Gasteiger charge is -1.93. The van der Waals surface area contributed by atoms with Gasteiger partial charge in [0.25, 0.3) is 11.7 Å². The molecule has 0 atom stereocenters. The SMILES string of the molecule is Fc1ccc(C=Nc2nnc3n(/N=C/c4ccc(F)cc4)cnn23)cc1. The van der Waals surface area contributed by atoms with Crippen LogP contribution < -0.4 is 0 Å². The second-order valence-electron chi connectivity index (χ2n) is 5.29. The monoisotopic (exact) mass is 351 g/mol. The summed E-state index contributed by atoms with van der Waals surface area (Å²) >= 11 is 0. The number of aromatic nitrogens is 5. The Morgan fingerprint density at radius 1 is 0.808 bits per heavy atom. The van der Waals surface area contributed by atoms with E-state index in [1.165, 1.54) is 46.0 Å². The molecule has 0 saturated heterocycles. The summed E-state index contributed by atoms with van der Waals surface area (Å²) in [5.41, 5.74) is 1.45. The Morgan fingerprint density at radius 3 is 2.08 bits per heavy atom. The summed E-state index contributed by atoms with van der Waals surface area (Å²) in [6.07, 6.45) is 4.55. The van der Waals surface area contributed by atoms with Gasteiger partial charge in [-0.25, -0.2) is 13.8 Å². The summed E-state index contributed by atoms with van der Waals surface area (Å²) in [5, 5.41) is 16.3. The number of halogens is 2. The Hall–Kier alpha value is -3.75. The molecule has 2 heterocycles. The van der Waals surface area contributed by atoms with E-state index in [0.717, 1.165) is 11.1 Å². The average Bonchev–Trinajstić information content (AvgIpc) is 3.23. The minimum atomic E-state index is -0.315. The van der Waals surface area contributed by atoms with Gasteiger partial charge in [-0.15, -0.1) is 15.3 Å². The molecule has 128 valence electrons. The number of nitrogens with zero attached hydrogens (tertiary/aromatic N) is 7. The standard InChI is InChI=1S/C17H11F2N7/c18-14-5-1-12(2-6-14)9-20-16-23-24-17-25(11-22-26(16)17)21-10-13-3-7-15(19)8-4-13/h1-11H/b20-9?,21-10+. The number of fused-ring (bicyclic) bond motifs is 1. The first kappa shape index (κ1) is 15.8. The Bertz CT molecular complexity index is 1000. The van der Waals surface area contributed by atoms with Crippen molar-refractivity contribution in [2.24, 2.45) is 10.1 Å². The fourth-order valence-electron chi connectivity index (χ4n) is 2.18. The van der Waals surface area contributed by atoms with E-state index in [1.807, 2.05) is 0 Å². The summed E-state index contributed by atoms with van der Waals surface area (Å²) in [7, 11) is 0. The molecule has 2 aromatic carbocycles. The number of benzene rings is 2. The molecule has 0 spiro atoms. The molecular weight excluding hydrogens is 340 g/mol. The summed E-state index contributed by atoms with van der Waals surface area (Å²) in [6, 6.07) is 11.8. The topological polar surface area (TPSA) is 72.7 Å². The molecule has 7 nitrogen and oxygen atoms in total. The van der Waals surface area contributed by atoms with Gasteiger partial charge in [-0.3, -0.25) is 0 Å². The smallest absolute Gasteiger partial charge is 0.218 e. The van der Waals surface area contributed by atoms with Crippen molar-refractivity contribution >= 4 is 24.2 Å². The van der Waals surface area contributed by atoms with Gasteiger partial charge in [-0.2, -0.15) is 14.3 Å². The molecule has 4 rings (SSSR count). The van der Waals surface area contributed by atoms with E-state index in [-0.39, 0.29) is 17.6 Å². The first-order valence-electron chi connectivity index (χ1n) is 7.57. The molecule has 0 N–H and O–H groups in total. The minimum absolute atomic E-state index is 0.264. The van der Waals surface area contributed by atoms with Crippen molar-refractivity contribution in [1.29, 1.82) is 0 Å². The molecule has 0 aliphatic heterocycles. The number of hydrogen-bond donors (Lipinski definition) is 0. The number of rotatable bonds is 4. The van der Waals surface area contributed by atoms with Crippen LogP contribution in [0.1, 0.15) is 11.1 Å². The summed E-state index contributed by atoms with van der Waals surface area (Å²) in [4.78, 5) is 4.21. The molecule has 0 saturated carbocycles. The summed E-state index contributed by atoms with van der Waals surface area (Å²) in [5.74, 6) is 0.00717. The van der Waals surface area contributed by atoms with Crippen LogP contribution >= 0.6 is 0 Å². The van der Waals surface area contributed by atoms with E-state index < -0.39 is 0 Å². The van der Waals surface area contributed by atoms with Crippen LogP contribution in [0.4, 0.5) is 14.7 Å². The van der Waals surface area contributed by atoms with E-state index in [1.54, 1.807) is 30.5 Å². The molecule has 26 heavy (non-hydrogen) atoms. The molecule has 0 fully saturated rings. The molecule has 4 aromatic rings. The molecule has 0 radical (unpaired) electrons. The second-order valence-corrected chi connectivity index (χ2v) is 5.29. The highest BCUT2D eigenvalue weighted by Crippen LogP contribution is 2.11. The Balaban J connectivity index is 1.58. The van der Waals surface area contributed by atoms with Crippen molar-refractivity contribution in [2.75, 3.05) is 0 Å². The third kappa shape index (κ3) is 3.22. The van der Waals surface area contributed by atoms with Gasteiger partial charge in [0.1, 0.15) is 18.0 Å². The van der Waals surface area contributed by atoms with E-state index in [4.69, 9.17) is 0 Å². The van der Waals surface area contributed by atoms with Gasteiger partial charge in [0, 0.05) is 6.21 Å².